The normalized spacial score (nSPS) is 27.9. The van der Waals surface area contributed by atoms with Gasteiger partial charge in [-0.15, -0.1) is 0 Å². The van der Waals surface area contributed by atoms with Gasteiger partial charge in [0.25, 0.3) is 5.91 Å². The Bertz CT molecular complexity index is 1410. The lowest BCUT2D eigenvalue weighted by atomic mass is 9.80. The molecule has 0 bridgehead atoms. The van der Waals surface area contributed by atoms with Crippen LogP contribution in [0.3, 0.4) is 0 Å². The molecule has 4 aliphatic carbocycles. The second-order valence-electron chi connectivity index (χ2n) is 17.4. The van der Waals surface area contributed by atoms with Crippen molar-refractivity contribution in [2.24, 2.45) is 34.8 Å². The van der Waals surface area contributed by atoms with Gasteiger partial charge in [-0.3, -0.25) is 19.2 Å². The van der Waals surface area contributed by atoms with E-state index < -0.39 is 61.9 Å². The molecule has 12 nitrogen and oxygen atoms in total. The summed E-state index contributed by atoms with van der Waals surface area (Å²) in [6.07, 6.45) is 11.2. The molecule has 1 aliphatic heterocycles. The molecule has 1 heterocycles. The molecule has 5 rings (SSSR count). The number of hydrogen-bond acceptors (Lipinski definition) is 7. The first-order valence-corrected chi connectivity index (χ1v) is 20.3. The van der Waals surface area contributed by atoms with Crippen LogP contribution in [-0.2, 0) is 29.0 Å². The second kappa shape index (κ2) is 14.1. The van der Waals surface area contributed by atoms with Gasteiger partial charge in [0.1, 0.15) is 12.1 Å². The van der Waals surface area contributed by atoms with Crippen molar-refractivity contribution < 1.29 is 32.4 Å². The van der Waals surface area contributed by atoms with Gasteiger partial charge in [0.15, 0.2) is 9.84 Å². The SMILES string of the molecule is CC1(C)C2CN(C(=O)[C@@H](NC(=O)NC3(CS(=O)(=O)C(C)(C)C)CCCCC3)C3CCCCC3)[C@H](C(=O)NC(CC3CCC3)C(=O)C(N)=O)[C@H]21. The number of hydrogen-bond donors (Lipinski definition) is 4. The highest BCUT2D eigenvalue weighted by Gasteiger charge is 2.70. The number of nitrogens with zero attached hydrogens (tertiary/aromatic N) is 1. The average molecular weight is 706 g/mol. The molecule has 4 saturated carbocycles. The summed E-state index contributed by atoms with van der Waals surface area (Å²) in [5.41, 5.74) is 4.25. The molecule has 0 aromatic carbocycles. The molecule has 2 unspecified atom stereocenters. The van der Waals surface area contributed by atoms with Gasteiger partial charge in [-0.25, -0.2) is 13.2 Å². The number of sulfone groups is 1. The Balaban J connectivity index is 1.37. The van der Waals surface area contributed by atoms with Crippen LogP contribution < -0.4 is 21.7 Å². The number of nitrogens with one attached hydrogen (secondary N) is 3. The summed E-state index contributed by atoms with van der Waals surface area (Å²) in [5, 5.41) is 8.89. The maximum absolute atomic E-state index is 14.6. The number of urea groups is 1. The van der Waals surface area contributed by atoms with Crippen molar-refractivity contribution in [2.75, 3.05) is 12.3 Å². The third kappa shape index (κ3) is 7.96. The molecule has 0 aromatic rings. The number of carbonyl (C=O) groups excluding carboxylic acids is 5. The van der Waals surface area contributed by atoms with Gasteiger partial charge in [0.05, 0.1) is 22.1 Å². The van der Waals surface area contributed by atoms with E-state index in [1.54, 1.807) is 25.7 Å². The number of Topliss-reactive ketones (excluding diaryl/α,β-unsaturated/α-hetero) is 1. The average Bonchev–Trinajstić information content (AvgIpc) is 3.31. The third-order valence-corrected chi connectivity index (χ3v) is 15.5. The number of primary amides is 1. The molecule has 13 heteroatoms. The predicted molar refractivity (Wildman–Crippen MR) is 186 cm³/mol. The Labute approximate surface area is 292 Å². The van der Waals surface area contributed by atoms with Crippen LogP contribution in [0, 0.1) is 29.1 Å². The zero-order chi connectivity index (χ0) is 35.9. The minimum absolute atomic E-state index is 0.0815. The number of nitrogens with two attached hydrogens (primary N) is 1. The Kier molecular flexibility index (Phi) is 10.8. The van der Waals surface area contributed by atoms with Gasteiger partial charge in [-0.2, -0.15) is 0 Å². The fourth-order valence-electron chi connectivity index (χ4n) is 9.10. The molecule has 0 radical (unpaired) electrons. The van der Waals surface area contributed by atoms with Gasteiger partial charge >= 0.3 is 6.03 Å². The predicted octanol–water partition coefficient (Wildman–Crippen LogP) is 3.36. The molecule has 5 amide bonds. The van der Waals surface area contributed by atoms with E-state index in [0.29, 0.717) is 25.8 Å². The van der Waals surface area contributed by atoms with E-state index in [9.17, 15) is 32.4 Å². The number of fused-ring (bicyclic) bond motifs is 1. The lowest BCUT2D eigenvalue weighted by Crippen LogP contribution is -2.63. The van der Waals surface area contributed by atoms with Gasteiger partial charge in [-0.05, 0) is 82.0 Å². The maximum atomic E-state index is 14.6. The quantitative estimate of drug-likeness (QED) is 0.224. The highest BCUT2D eigenvalue weighted by Crippen LogP contribution is 2.65. The first-order valence-electron chi connectivity index (χ1n) is 18.6. The van der Waals surface area contributed by atoms with Crippen molar-refractivity contribution in [3.63, 3.8) is 0 Å². The van der Waals surface area contributed by atoms with Crippen molar-refractivity contribution in [2.45, 2.75) is 153 Å². The molecule has 1 saturated heterocycles. The summed E-state index contributed by atoms with van der Waals surface area (Å²) >= 11 is 0. The van der Waals surface area contributed by atoms with Crippen LogP contribution in [0.25, 0.3) is 0 Å². The molecule has 0 spiro atoms. The van der Waals surface area contributed by atoms with E-state index in [1.165, 1.54) is 0 Å². The Hall–Kier alpha value is -2.70. The first kappa shape index (κ1) is 37.6. The number of amides is 5. The summed E-state index contributed by atoms with van der Waals surface area (Å²) < 4.78 is 25.8. The summed E-state index contributed by atoms with van der Waals surface area (Å²) in [7, 11) is -3.55. The fraction of sp³-hybridized carbons (Fsp3) is 0.861. The van der Waals surface area contributed by atoms with Crippen molar-refractivity contribution in [1.82, 2.24) is 20.9 Å². The number of piperidine rings is 1. The Morgan fingerprint density at radius 2 is 1.49 bits per heavy atom. The summed E-state index contributed by atoms with van der Waals surface area (Å²) in [4.78, 5) is 68.9. The fourth-order valence-corrected chi connectivity index (χ4v) is 10.6. The number of likely N-dealkylation sites (tertiary alicyclic amines) is 1. The van der Waals surface area contributed by atoms with Gasteiger partial charge in [0.2, 0.25) is 17.6 Å². The monoisotopic (exact) mass is 705 g/mol. The number of carbonyl (C=O) groups is 5. The zero-order valence-corrected chi connectivity index (χ0v) is 31.0. The minimum atomic E-state index is -3.55. The van der Waals surface area contributed by atoms with Crippen LogP contribution in [0.4, 0.5) is 4.79 Å². The highest BCUT2D eigenvalue weighted by molar-refractivity contribution is 7.92. The second-order valence-corrected chi connectivity index (χ2v) is 20.1. The molecule has 0 aromatic heterocycles. The minimum Gasteiger partial charge on any atom is -0.363 e. The van der Waals surface area contributed by atoms with Crippen molar-refractivity contribution in [3.8, 4) is 0 Å². The van der Waals surface area contributed by atoms with Crippen molar-refractivity contribution in [3.05, 3.63) is 0 Å². The van der Waals surface area contributed by atoms with Crippen molar-refractivity contribution >= 4 is 39.4 Å². The van der Waals surface area contributed by atoms with Crippen LogP contribution in [-0.4, -0.2) is 83.6 Å². The van der Waals surface area contributed by atoms with Gasteiger partial charge < -0.3 is 26.6 Å². The smallest absolute Gasteiger partial charge is 0.315 e. The van der Waals surface area contributed by atoms with E-state index in [4.69, 9.17) is 5.73 Å². The summed E-state index contributed by atoms with van der Waals surface area (Å²) in [6, 6.07) is -3.35. The van der Waals surface area contributed by atoms with E-state index in [1.807, 2.05) is 0 Å². The van der Waals surface area contributed by atoms with Gasteiger partial charge in [0, 0.05) is 6.54 Å². The molecular formula is C36H59N5O7S. The topological polar surface area (TPSA) is 185 Å². The van der Waals surface area contributed by atoms with Crippen molar-refractivity contribution in [1.29, 1.82) is 0 Å². The van der Waals surface area contributed by atoms with E-state index in [-0.39, 0.29) is 40.7 Å². The van der Waals surface area contributed by atoms with Crippen LogP contribution in [0.2, 0.25) is 0 Å². The lowest BCUT2D eigenvalue weighted by molar-refractivity contribution is -0.144. The number of ketones is 1. The number of rotatable bonds is 12. The van der Waals surface area contributed by atoms with E-state index >= 15 is 0 Å². The van der Waals surface area contributed by atoms with Crippen LogP contribution >= 0.6 is 0 Å². The molecular weight excluding hydrogens is 646 g/mol. The van der Waals surface area contributed by atoms with Gasteiger partial charge in [-0.1, -0.05) is 71.6 Å². The maximum Gasteiger partial charge on any atom is 0.315 e. The molecule has 5 atom stereocenters. The van der Waals surface area contributed by atoms with Crippen LogP contribution in [0.1, 0.15) is 125 Å². The lowest BCUT2D eigenvalue weighted by Gasteiger charge is -2.41. The Morgan fingerprint density at radius 1 is 0.878 bits per heavy atom. The molecule has 276 valence electrons. The molecule has 5 aliphatic rings. The molecule has 5 fully saturated rings. The summed E-state index contributed by atoms with van der Waals surface area (Å²) in [5.74, 6) is -2.84. The first-order chi connectivity index (χ1) is 22.9. The largest absolute Gasteiger partial charge is 0.363 e. The third-order valence-electron chi connectivity index (χ3n) is 12.7. The van der Waals surface area contributed by atoms with E-state index in [2.05, 4.69) is 29.8 Å². The summed E-state index contributed by atoms with van der Waals surface area (Å²) in [6.45, 7) is 9.51. The standard InChI is InChI=1S/C36H59N5O7S/c1-34(2,3)49(47,48)21-36(17-10-7-11-18-36)40-33(46)39-27(23-15-8-6-9-16-23)32(45)41-20-24-26(35(24,4)5)28(41)31(44)38-25(29(42)30(37)43)19-22-13-12-14-22/h22-28H,6-21H2,1-5H3,(H2,37,43)(H,38,44)(H2,39,40,46)/t24?,25?,26-,27-,28-/m0/s1. The molecule has 5 N–H and O–H groups in total. The zero-order valence-electron chi connectivity index (χ0n) is 30.1. The highest BCUT2D eigenvalue weighted by atomic mass is 32.2. The molecule has 49 heavy (non-hydrogen) atoms. The van der Waals surface area contributed by atoms with E-state index in [0.717, 1.165) is 70.6 Å². The van der Waals surface area contributed by atoms with Crippen LogP contribution in [0.15, 0.2) is 0 Å². The van der Waals surface area contributed by atoms with Crippen LogP contribution in [0.5, 0.6) is 0 Å². The Morgan fingerprint density at radius 3 is 2.04 bits per heavy atom.